The van der Waals surface area contributed by atoms with E-state index in [9.17, 15) is 9.59 Å². The van der Waals surface area contributed by atoms with Crippen LogP contribution in [-0.4, -0.2) is 36.8 Å². The second-order valence-corrected chi connectivity index (χ2v) is 6.46. The van der Waals surface area contributed by atoms with Gasteiger partial charge in [0, 0.05) is 17.7 Å². The van der Waals surface area contributed by atoms with Crippen LogP contribution in [0.1, 0.15) is 21.5 Å². The lowest BCUT2D eigenvalue weighted by atomic mass is 10.0. The van der Waals surface area contributed by atoms with E-state index in [1.54, 1.807) is 38.1 Å². The summed E-state index contributed by atoms with van der Waals surface area (Å²) in [5.41, 5.74) is 2.13. The van der Waals surface area contributed by atoms with Crippen LogP contribution in [0.25, 0.3) is 0 Å². The number of rotatable bonds is 5. The number of carboxylic acid groups (broad SMARTS) is 1. The molecule has 0 saturated heterocycles. The number of carbonyl (C=O) groups excluding carboxylic acids is 1. The van der Waals surface area contributed by atoms with Crippen LogP contribution in [0.5, 0.6) is 17.2 Å². The van der Waals surface area contributed by atoms with Gasteiger partial charge in [0.1, 0.15) is 19.0 Å². The lowest BCUT2D eigenvalue weighted by Crippen LogP contribution is -2.17. The van der Waals surface area contributed by atoms with E-state index in [1.807, 2.05) is 0 Å². The van der Waals surface area contributed by atoms with E-state index in [0.29, 0.717) is 57.9 Å². The second-order valence-electron chi connectivity index (χ2n) is 6.05. The summed E-state index contributed by atoms with van der Waals surface area (Å²) in [4.78, 5) is 23.3. The lowest BCUT2D eigenvalue weighted by Gasteiger charge is -2.20. The molecule has 1 aliphatic rings. The summed E-state index contributed by atoms with van der Waals surface area (Å²) in [5.74, 6) is 0.0846. The van der Waals surface area contributed by atoms with Gasteiger partial charge in [-0.2, -0.15) is 0 Å². The fraction of sp³-hybridized carbons (Fsp3) is 0.263. The molecule has 0 radical (unpaired) electrons. The molecule has 27 heavy (non-hydrogen) atoms. The van der Waals surface area contributed by atoms with Gasteiger partial charge in [-0.1, -0.05) is 11.6 Å². The van der Waals surface area contributed by atoms with Crippen molar-refractivity contribution in [3.8, 4) is 17.2 Å². The molecule has 2 aromatic carbocycles. The number of fused-ring (bicyclic) bond motifs is 1. The molecule has 142 valence electrons. The normalized spacial score (nSPS) is 12.4. The quantitative estimate of drug-likeness (QED) is 0.810. The molecule has 0 atom stereocenters. The van der Waals surface area contributed by atoms with Gasteiger partial charge in [-0.05, 0) is 37.1 Å². The van der Waals surface area contributed by atoms with Crippen molar-refractivity contribution >= 4 is 29.2 Å². The van der Waals surface area contributed by atoms with Crippen molar-refractivity contribution in [2.45, 2.75) is 13.8 Å². The molecule has 1 aliphatic heterocycles. The van der Waals surface area contributed by atoms with Gasteiger partial charge < -0.3 is 24.6 Å². The second kappa shape index (κ2) is 7.75. The number of halogens is 1. The van der Waals surface area contributed by atoms with Gasteiger partial charge in [0.05, 0.1) is 10.7 Å². The summed E-state index contributed by atoms with van der Waals surface area (Å²) in [6.07, 6.45) is 0. The molecule has 0 spiro atoms. The Labute approximate surface area is 160 Å². The first-order valence-corrected chi connectivity index (χ1v) is 8.59. The minimum absolute atomic E-state index is 0.336. The molecular formula is C19H18ClNO6. The zero-order chi connectivity index (χ0) is 19.6. The van der Waals surface area contributed by atoms with Gasteiger partial charge in [-0.3, -0.25) is 4.79 Å². The molecule has 0 aliphatic carbocycles. The van der Waals surface area contributed by atoms with Crippen molar-refractivity contribution in [1.82, 2.24) is 0 Å². The molecule has 7 nitrogen and oxygen atoms in total. The van der Waals surface area contributed by atoms with Crippen LogP contribution in [-0.2, 0) is 4.79 Å². The molecule has 0 fully saturated rings. The van der Waals surface area contributed by atoms with Gasteiger partial charge in [0.15, 0.2) is 18.1 Å². The van der Waals surface area contributed by atoms with Crippen molar-refractivity contribution < 1.29 is 28.9 Å². The molecular weight excluding hydrogens is 374 g/mol. The number of carboxylic acids is 1. The maximum absolute atomic E-state index is 12.6. The van der Waals surface area contributed by atoms with Crippen LogP contribution in [0.4, 0.5) is 5.69 Å². The average molecular weight is 392 g/mol. The van der Waals surface area contributed by atoms with Crippen molar-refractivity contribution in [3.63, 3.8) is 0 Å². The maximum atomic E-state index is 12.6. The topological polar surface area (TPSA) is 94.1 Å². The van der Waals surface area contributed by atoms with E-state index in [0.717, 1.165) is 0 Å². The number of carbonyl (C=O) groups is 2. The molecule has 0 saturated carbocycles. The third-order valence-electron chi connectivity index (χ3n) is 3.94. The molecule has 2 aromatic rings. The van der Waals surface area contributed by atoms with E-state index in [1.165, 1.54) is 0 Å². The zero-order valence-electron chi connectivity index (χ0n) is 14.8. The molecule has 0 unspecified atom stereocenters. The number of ether oxygens (including phenoxy) is 3. The van der Waals surface area contributed by atoms with E-state index >= 15 is 0 Å². The first-order chi connectivity index (χ1) is 12.8. The minimum Gasteiger partial charge on any atom is -0.486 e. The molecule has 3 rings (SSSR count). The number of aliphatic carboxylic acids is 1. The molecule has 1 amide bonds. The average Bonchev–Trinajstić information content (AvgIpc) is 2.61. The highest BCUT2D eigenvalue weighted by molar-refractivity contribution is 6.34. The number of hydrogen-bond acceptors (Lipinski definition) is 5. The van der Waals surface area contributed by atoms with Gasteiger partial charge in [0.2, 0.25) is 0 Å². The number of hydrogen-bond donors (Lipinski definition) is 2. The van der Waals surface area contributed by atoms with Gasteiger partial charge in [-0.15, -0.1) is 0 Å². The number of nitrogens with one attached hydrogen (secondary N) is 1. The number of amides is 1. The lowest BCUT2D eigenvalue weighted by molar-refractivity contribution is -0.139. The van der Waals surface area contributed by atoms with Crippen LogP contribution >= 0.6 is 11.6 Å². The predicted molar refractivity (Wildman–Crippen MR) is 99.4 cm³/mol. The Morgan fingerprint density at radius 1 is 1.11 bits per heavy atom. The smallest absolute Gasteiger partial charge is 0.341 e. The summed E-state index contributed by atoms with van der Waals surface area (Å²) in [7, 11) is 0. The SMILES string of the molecule is Cc1cc(C(=O)Nc2cc3c(cc2Cl)OCCO3)cc(C)c1OCC(=O)O. The highest BCUT2D eigenvalue weighted by Gasteiger charge is 2.18. The van der Waals surface area contributed by atoms with Crippen molar-refractivity contribution in [1.29, 1.82) is 0 Å². The van der Waals surface area contributed by atoms with E-state index < -0.39 is 12.6 Å². The summed E-state index contributed by atoms with van der Waals surface area (Å²) < 4.78 is 16.2. The fourth-order valence-electron chi connectivity index (χ4n) is 2.80. The standard InChI is InChI=1S/C19H18ClNO6/c1-10-5-12(6-11(2)18(10)27-9-17(22)23)19(24)21-14-8-16-15(7-13(14)20)25-3-4-26-16/h5-8H,3-4,9H2,1-2H3,(H,21,24)(H,22,23). The Hall–Kier alpha value is -2.93. The van der Waals surface area contributed by atoms with E-state index in [2.05, 4.69) is 5.32 Å². The maximum Gasteiger partial charge on any atom is 0.341 e. The van der Waals surface area contributed by atoms with Crippen molar-refractivity contribution in [2.24, 2.45) is 0 Å². The van der Waals surface area contributed by atoms with Gasteiger partial charge in [0.25, 0.3) is 5.91 Å². The Bertz CT molecular complexity index is 888. The highest BCUT2D eigenvalue weighted by Crippen LogP contribution is 2.38. The highest BCUT2D eigenvalue weighted by atomic mass is 35.5. The van der Waals surface area contributed by atoms with Crippen LogP contribution in [0.15, 0.2) is 24.3 Å². The monoisotopic (exact) mass is 391 g/mol. The van der Waals surface area contributed by atoms with Crippen LogP contribution in [0.2, 0.25) is 5.02 Å². The fourth-order valence-corrected chi connectivity index (χ4v) is 3.00. The van der Waals surface area contributed by atoms with Crippen LogP contribution in [0, 0.1) is 13.8 Å². The van der Waals surface area contributed by atoms with E-state index in [-0.39, 0.29) is 5.91 Å². The van der Waals surface area contributed by atoms with Crippen LogP contribution < -0.4 is 19.5 Å². The molecule has 8 heteroatoms. The molecule has 0 bridgehead atoms. The third kappa shape index (κ3) is 4.25. The van der Waals surface area contributed by atoms with Crippen LogP contribution in [0.3, 0.4) is 0 Å². The van der Waals surface area contributed by atoms with Crippen molar-refractivity contribution in [3.05, 3.63) is 46.0 Å². The first-order valence-electron chi connectivity index (χ1n) is 8.21. The predicted octanol–water partition coefficient (Wildman–Crippen LogP) is 3.44. The molecule has 2 N–H and O–H groups in total. The Morgan fingerprint density at radius 2 is 1.70 bits per heavy atom. The number of benzene rings is 2. The zero-order valence-corrected chi connectivity index (χ0v) is 15.6. The van der Waals surface area contributed by atoms with Gasteiger partial charge in [-0.25, -0.2) is 4.79 Å². The van der Waals surface area contributed by atoms with E-state index in [4.69, 9.17) is 30.9 Å². The Morgan fingerprint density at radius 3 is 2.30 bits per heavy atom. The molecule has 0 aromatic heterocycles. The summed E-state index contributed by atoms with van der Waals surface area (Å²) >= 11 is 6.23. The Kier molecular flexibility index (Phi) is 5.41. The third-order valence-corrected chi connectivity index (χ3v) is 4.26. The summed E-state index contributed by atoms with van der Waals surface area (Å²) in [5, 5.41) is 11.8. The number of aryl methyl sites for hydroxylation is 2. The van der Waals surface area contributed by atoms with Gasteiger partial charge >= 0.3 is 5.97 Å². The molecule has 1 heterocycles. The summed E-state index contributed by atoms with van der Waals surface area (Å²) in [6.45, 7) is 3.93. The Balaban J connectivity index is 1.81. The van der Waals surface area contributed by atoms with Crippen molar-refractivity contribution in [2.75, 3.05) is 25.1 Å². The summed E-state index contributed by atoms with van der Waals surface area (Å²) in [6, 6.07) is 6.49. The minimum atomic E-state index is -1.07. The number of anilines is 1. The largest absolute Gasteiger partial charge is 0.486 e. The first kappa shape index (κ1) is 18.8.